The SMILES string of the molecule is Cc1cccc(C)c1COc1cc(Cl)ccc1N. The molecule has 0 heterocycles. The zero-order chi connectivity index (χ0) is 13.1. The highest BCUT2D eigenvalue weighted by atomic mass is 35.5. The molecular weight excluding hydrogens is 246 g/mol. The minimum Gasteiger partial charge on any atom is -0.487 e. The summed E-state index contributed by atoms with van der Waals surface area (Å²) in [5.74, 6) is 0.630. The molecule has 0 unspecified atom stereocenters. The molecule has 0 bridgehead atoms. The largest absolute Gasteiger partial charge is 0.487 e. The Morgan fingerprint density at radius 2 is 1.78 bits per heavy atom. The highest BCUT2D eigenvalue weighted by molar-refractivity contribution is 6.30. The van der Waals surface area contributed by atoms with Gasteiger partial charge in [-0.3, -0.25) is 0 Å². The molecule has 0 aliphatic heterocycles. The molecule has 2 aromatic carbocycles. The van der Waals surface area contributed by atoms with Gasteiger partial charge in [0.15, 0.2) is 0 Å². The van der Waals surface area contributed by atoms with Crippen LogP contribution in [0, 0.1) is 13.8 Å². The fourth-order valence-electron chi connectivity index (χ4n) is 1.86. The maximum absolute atomic E-state index is 5.93. The van der Waals surface area contributed by atoms with Crippen molar-refractivity contribution in [2.45, 2.75) is 20.5 Å². The second-order valence-corrected chi connectivity index (χ2v) is 4.78. The summed E-state index contributed by atoms with van der Waals surface area (Å²) in [6.45, 7) is 4.66. The summed E-state index contributed by atoms with van der Waals surface area (Å²) in [6.07, 6.45) is 0. The first kappa shape index (κ1) is 12.8. The monoisotopic (exact) mass is 261 g/mol. The Kier molecular flexibility index (Phi) is 3.78. The Bertz CT molecular complexity index is 546. The molecule has 2 rings (SSSR count). The van der Waals surface area contributed by atoms with Crippen LogP contribution in [0.15, 0.2) is 36.4 Å². The number of benzene rings is 2. The maximum atomic E-state index is 5.93. The molecule has 2 aromatic rings. The third-order valence-corrected chi connectivity index (χ3v) is 3.23. The van der Waals surface area contributed by atoms with Gasteiger partial charge in [-0.15, -0.1) is 0 Å². The second kappa shape index (κ2) is 5.32. The van der Waals surface area contributed by atoms with Gasteiger partial charge in [0.2, 0.25) is 0 Å². The highest BCUT2D eigenvalue weighted by Crippen LogP contribution is 2.27. The van der Waals surface area contributed by atoms with E-state index >= 15 is 0 Å². The number of nitrogen functional groups attached to an aromatic ring is 1. The summed E-state index contributed by atoms with van der Waals surface area (Å²) in [4.78, 5) is 0. The zero-order valence-corrected chi connectivity index (χ0v) is 11.3. The molecule has 0 aliphatic rings. The lowest BCUT2D eigenvalue weighted by Crippen LogP contribution is -2.02. The lowest BCUT2D eigenvalue weighted by atomic mass is 10.0. The van der Waals surface area contributed by atoms with Crippen molar-refractivity contribution < 1.29 is 4.74 Å². The van der Waals surface area contributed by atoms with E-state index in [1.54, 1.807) is 18.2 Å². The number of hydrogen-bond donors (Lipinski definition) is 1. The van der Waals surface area contributed by atoms with Crippen LogP contribution in [0.25, 0.3) is 0 Å². The van der Waals surface area contributed by atoms with Crippen molar-refractivity contribution in [2.24, 2.45) is 0 Å². The summed E-state index contributed by atoms with van der Waals surface area (Å²) in [7, 11) is 0. The summed E-state index contributed by atoms with van der Waals surface area (Å²) in [5.41, 5.74) is 10.1. The fraction of sp³-hybridized carbons (Fsp3) is 0.200. The standard InChI is InChI=1S/C15H16ClNO/c1-10-4-3-5-11(2)13(10)9-18-15-8-12(16)6-7-14(15)17/h3-8H,9,17H2,1-2H3. The van der Waals surface area contributed by atoms with Crippen molar-refractivity contribution in [3.05, 3.63) is 58.1 Å². The predicted molar refractivity (Wildman–Crippen MR) is 76.1 cm³/mol. The van der Waals surface area contributed by atoms with E-state index in [1.807, 2.05) is 6.07 Å². The first-order valence-electron chi connectivity index (χ1n) is 5.81. The molecule has 94 valence electrons. The maximum Gasteiger partial charge on any atom is 0.144 e. The van der Waals surface area contributed by atoms with Gasteiger partial charge in [0.05, 0.1) is 5.69 Å². The van der Waals surface area contributed by atoms with Crippen molar-refractivity contribution in [1.82, 2.24) is 0 Å². The average Bonchev–Trinajstić information content (AvgIpc) is 2.33. The Balaban J connectivity index is 2.19. The van der Waals surface area contributed by atoms with E-state index in [2.05, 4.69) is 26.0 Å². The Hall–Kier alpha value is -1.67. The average molecular weight is 262 g/mol. The minimum atomic E-state index is 0.503. The number of halogens is 1. The number of hydrogen-bond acceptors (Lipinski definition) is 2. The smallest absolute Gasteiger partial charge is 0.144 e. The fourth-order valence-corrected chi connectivity index (χ4v) is 2.02. The number of nitrogens with two attached hydrogens (primary N) is 1. The first-order valence-corrected chi connectivity index (χ1v) is 6.18. The van der Waals surface area contributed by atoms with Crippen LogP contribution in [0.2, 0.25) is 5.02 Å². The van der Waals surface area contributed by atoms with Crippen LogP contribution >= 0.6 is 11.6 Å². The van der Waals surface area contributed by atoms with Gasteiger partial charge in [0, 0.05) is 11.1 Å². The molecule has 0 amide bonds. The van der Waals surface area contributed by atoms with Gasteiger partial charge in [0.1, 0.15) is 12.4 Å². The Morgan fingerprint density at radius 3 is 2.44 bits per heavy atom. The Labute approximate surface area is 112 Å². The van der Waals surface area contributed by atoms with Crippen molar-refractivity contribution in [2.75, 3.05) is 5.73 Å². The van der Waals surface area contributed by atoms with Gasteiger partial charge >= 0.3 is 0 Å². The van der Waals surface area contributed by atoms with Crippen molar-refractivity contribution in [1.29, 1.82) is 0 Å². The first-order chi connectivity index (χ1) is 8.58. The summed E-state index contributed by atoms with van der Waals surface area (Å²) < 4.78 is 5.76. The lowest BCUT2D eigenvalue weighted by molar-refractivity contribution is 0.306. The zero-order valence-electron chi connectivity index (χ0n) is 10.5. The van der Waals surface area contributed by atoms with E-state index in [4.69, 9.17) is 22.1 Å². The Morgan fingerprint density at radius 1 is 1.11 bits per heavy atom. The van der Waals surface area contributed by atoms with Crippen LogP contribution in [0.3, 0.4) is 0 Å². The topological polar surface area (TPSA) is 35.2 Å². The molecule has 0 radical (unpaired) electrons. The lowest BCUT2D eigenvalue weighted by Gasteiger charge is -2.13. The second-order valence-electron chi connectivity index (χ2n) is 4.34. The molecule has 0 spiro atoms. The van der Waals surface area contributed by atoms with E-state index in [0.717, 1.165) is 0 Å². The highest BCUT2D eigenvalue weighted by Gasteiger charge is 2.05. The molecule has 3 heteroatoms. The molecule has 0 saturated carbocycles. The summed E-state index contributed by atoms with van der Waals surface area (Å²) in [5, 5.41) is 0.626. The number of anilines is 1. The third-order valence-electron chi connectivity index (χ3n) is 2.99. The molecule has 18 heavy (non-hydrogen) atoms. The molecule has 0 saturated heterocycles. The van der Waals surface area contributed by atoms with Crippen molar-refractivity contribution in [3.63, 3.8) is 0 Å². The summed E-state index contributed by atoms with van der Waals surface area (Å²) in [6, 6.07) is 11.4. The quantitative estimate of drug-likeness (QED) is 0.844. The molecule has 0 atom stereocenters. The molecule has 2 N–H and O–H groups in total. The molecule has 0 aromatic heterocycles. The van der Waals surface area contributed by atoms with Crippen LogP contribution in [0.5, 0.6) is 5.75 Å². The van der Waals surface area contributed by atoms with Crippen molar-refractivity contribution >= 4 is 17.3 Å². The van der Waals surface area contributed by atoms with Gasteiger partial charge in [-0.05, 0) is 42.7 Å². The van der Waals surface area contributed by atoms with Gasteiger partial charge in [-0.25, -0.2) is 0 Å². The number of ether oxygens (including phenoxy) is 1. The van der Waals surface area contributed by atoms with E-state index in [1.165, 1.54) is 16.7 Å². The molecular formula is C15H16ClNO. The normalized spacial score (nSPS) is 10.4. The predicted octanol–water partition coefficient (Wildman–Crippen LogP) is 4.12. The van der Waals surface area contributed by atoms with Crippen LogP contribution in [0.4, 0.5) is 5.69 Å². The van der Waals surface area contributed by atoms with Crippen LogP contribution in [-0.2, 0) is 6.61 Å². The minimum absolute atomic E-state index is 0.503. The van der Waals surface area contributed by atoms with Crippen LogP contribution < -0.4 is 10.5 Å². The summed E-state index contributed by atoms with van der Waals surface area (Å²) >= 11 is 5.93. The molecule has 0 fully saturated rings. The molecule has 0 aliphatic carbocycles. The van der Waals surface area contributed by atoms with Gasteiger partial charge in [-0.1, -0.05) is 29.8 Å². The van der Waals surface area contributed by atoms with Crippen LogP contribution in [0.1, 0.15) is 16.7 Å². The van der Waals surface area contributed by atoms with E-state index in [9.17, 15) is 0 Å². The van der Waals surface area contributed by atoms with Crippen LogP contribution in [-0.4, -0.2) is 0 Å². The molecule has 2 nitrogen and oxygen atoms in total. The van der Waals surface area contributed by atoms with Gasteiger partial charge in [0.25, 0.3) is 0 Å². The van der Waals surface area contributed by atoms with E-state index < -0.39 is 0 Å². The number of aryl methyl sites for hydroxylation is 2. The van der Waals surface area contributed by atoms with E-state index in [-0.39, 0.29) is 0 Å². The van der Waals surface area contributed by atoms with Gasteiger partial charge < -0.3 is 10.5 Å². The third kappa shape index (κ3) is 2.77. The van der Waals surface area contributed by atoms with E-state index in [0.29, 0.717) is 23.1 Å². The van der Waals surface area contributed by atoms with Gasteiger partial charge in [-0.2, -0.15) is 0 Å². The number of rotatable bonds is 3. The van der Waals surface area contributed by atoms with Crippen molar-refractivity contribution in [3.8, 4) is 5.75 Å².